The molecule has 13 unspecified atom stereocenters. The summed E-state index contributed by atoms with van der Waals surface area (Å²) < 4.78 is 28.8. The van der Waals surface area contributed by atoms with Crippen LogP contribution in [-0.2, 0) is 33.3 Å². The Morgan fingerprint density at radius 3 is 2.34 bits per heavy atom. The normalized spacial score (nSPS) is 45.7. The van der Waals surface area contributed by atoms with Crippen LogP contribution in [0.2, 0.25) is 0 Å². The van der Waals surface area contributed by atoms with Crippen molar-refractivity contribution in [2.75, 3.05) is 13.7 Å². The number of fused-ring (bicyclic) bond motifs is 1. The lowest BCUT2D eigenvalue weighted by molar-refractivity contribution is -0.332. The van der Waals surface area contributed by atoms with E-state index in [4.69, 9.17) is 28.8 Å². The fraction of sp³-hybridized carbons (Fsp3) is 0.920. The first-order valence-electron chi connectivity index (χ1n) is 13.4. The van der Waals surface area contributed by atoms with E-state index in [1.165, 1.54) is 0 Å². The number of aliphatic carboxylic acids is 1. The molecule has 4 fully saturated rings. The monoisotopic (exact) mass is 548 g/mol. The lowest BCUT2D eigenvalue weighted by Crippen LogP contribution is -2.62. The van der Waals surface area contributed by atoms with Crippen molar-refractivity contribution in [2.24, 2.45) is 11.8 Å². The SMILES string of the molecule is COC1CC(C2OC3CCCC(O)C3CC2OC2OC(COC(=O)CC(=O)O)C(O)C(O)C2O)CCC1O. The summed E-state index contributed by atoms with van der Waals surface area (Å²) in [5.74, 6) is -2.66. The van der Waals surface area contributed by atoms with Gasteiger partial charge in [-0.3, -0.25) is 9.59 Å². The molecule has 6 N–H and O–H groups in total. The lowest BCUT2D eigenvalue weighted by Gasteiger charge is -2.50. The number of esters is 1. The molecule has 2 saturated carbocycles. The van der Waals surface area contributed by atoms with Gasteiger partial charge in [0.25, 0.3) is 0 Å². The van der Waals surface area contributed by atoms with Crippen molar-refractivity contribution in [3.05, 3.63) is 0 Å². The fourth-order valence-electron chi connectivity index (χ4n) is 6.31. The number of rotatable bonds is 8. The van der Waals surface area contributed by atoms with E-state index < -0.39 is 80.1 Å². The number of carbonyl (C=O) groups excluding carboxylic acids is 1. The first-order chi connectivity index (χ1) is 18.1. The second-order valence-electron chi connectivity index (χ2n) is 10.9. The minimum absolute atomic E-state index is 0.0441. The van der Waals surface area contributed by atoms with Gasteiger partial charge >= 0.3 is 11.9 Å². The van der Waals surface area contributed by atoms with Crippen LogP contribution in [0, 0.1) is 11.8 Å². The molecule has 38 heavy (non-hydrogen) atoms. The van der Waals surface area contributed by atoms with E-state index in [0.717, 1.165) is 12.8 Å². The summed E-state index contributed by atoms with van der Waals surface area (Å²) in [5, 5.41) is 61.2. The van der Waals surface area contributed by atoms with Crippen LogP contribution in [0.15, 0.2) is 0 Å². The average molecular weight is 549 g/mol. The van der Waals surface area contributed by atoms with Crippen LogP contribution in [0.3, 0.4) is 0 Å². The predicted molar refractivity (Wildman–Crippen MR) is 126 cm³/mol. The minimum atomic E-state index is -1.68. The molecule has 13 nitrogen and oxygen atoms in total. The molecule has 0 aromatic rings. The quantitative estimate of drug-likeness (QED) is 0.154. The van der Waals surface area contributed by atoms with Gasteiger partial charge in [0.1, 0.15) is 37.4 Å². The zero-order valence-corrected chi connectivity index (χ0v) is 21.4. The highest BCUT2D eigenvalue weighted by molar-refractivity contribution is 5.90. The number of methoxy groups -OCH3 is 1. The molecule has 4 rings (SSSR count). The Labute approximate surface area is 220 Å². The molecular formula is C25H40O13. The molecule has 2 aliphatic heterocycles. The van der Waals surface area contributed by atoms with Crippen LogP contribution in [0.5, 0.6) is 0 Å². The summed E-state index contributed by atoms with van der Waals surface area (Å²) in [7, 11) is 1.54. The average Bonchev–Trinajstić information content (AvgIpc) is 2.88. The molecule has 0 aromatic heterocycles. The molecule has 0 bridgehead atoms. The zero-order valence-electron chi connectivity index (χ0n) is 21.4. The predicted octanol–water partition coefficient (Wildman–Crippen LogP) is -1.31. The fourth-order valence-corrected chi connectivity index (χ4v) is 6.31. The van der Waals surface area contributed by atoms with E-state index in [1.807, 2.05) is 0 Å². The van der Waals surface area contributed by atoms with Crippen LogP contribution >= 0.6 is 0 Å². The van der Waals surface area contributed by atoms with E-state index in [1.54, 1.807) is 7.11 Å². The van der Waals surface area contributed by atoms with E-state index in [9.17, 15) is 35.1 Å². The second-order valence-corrected chi connectivity index (χ2v) is 10.9. The molecule has 218 valence electrons. The molecule has 2 saturated heterocycles. The molecule has 0 aromatic carbocycles. The number of aliphatic hydroxyl groups is 5. The molecular weight excluding hydrogens is 508 g/mol. The van der Waals surface area contributed by atoms with Gasteiger partial charge in [-0.25, -0.2) is 0 Å². The van der Waals surface area contributed by atoms with Crippen LogP contribution < -0.4 is 0 Å². The smallest absolute Gasteiger partial charge is 0.317 e. The Hall–Kier alpha value is -1.42. The zero-order chi connectivity index (χ0) is 27.6. The van der Waals surface area contributed by atoms with Crippen molar-refractivity contribution >= 4 is 11.9 Å². The highest BCUT2D eigenvalue weighted by Crippen LogP contribution is 2.43. The summed E-state index contributed by atoms with van der Waals surface area (Å²) in [4.78, 5) is 22.4. The molecule has 0 radical (unpaired) electrons. The molecule has 2 heterocycles. The van der Waals surface area contributed by atoms with Crippen molar-refractivity contribution in [3.63, 3.8) is 0 Å². The van der Waals surface area contributed by atoms with E-state index in [0.29, 0.717) is 32.1 Å². The number of aliphatic hydroxyl groups excluding tert-OH is 5. The first kappa shape index (κ1) is 29.6. The van der Waals surface area contributed by atoms with Gasteiger partial charge in [-0.1, -0.05) is 0 Å². The minimum Gasteiger partial charge on any atom is -0.481 e. The largest absolute Gasteiger partial charge is 0.481 e. The number of carbonyl (C=O) groups is 2. The van der Waals surface area contributed by atoms with Crippen LogP contribution in [0.4, 0.5) is 0 Å². The van der Waals surface area contributed by atoms with Crippen LogP contribution in [0.25, 0.3) is 0 Å². The van der Waals surface area contributed by atoms with Gasteiger partial charge in [0.05, 0.1) is 36.6 Å². The Morgan fingerprint density at radius 2 is 1.63 bits per heavy atom. The Bertz CT molecular complexity index is 810. The topological polar surface area (TPSA) is 202 Å². The molecule has 4 aliphatic rings. The third-order valence-electron chi connectivity index (χ3n) is 8.41. The van der Waals surface area contributed by atoms with Gasteiger partial charge in [-0.05, 0) is 50.9 Å². The van der Waals surface area contributed by atoms with Crippen molar-refractivity contribution < 1.29 is 63.9 Å². The first-order valence-corrected chi connectivity index (χ1v) is 13.4. The lowest BCUT2D eigenvalue weighted by atomic mass is 9.73. The van der Waals surface area contributed by atoms with Gasteiger partial charge in [-0.15, -0.1) is 0 Å². The second kappa shape index (κ2) is 12.8. The summed E-state index contributed by atoms with van der Waals surface area (Å²) >= 11 is 0. The third-order valence-corrected chi connectivity index (χ3v) is 8.41. The van der Waals surface area contributed by atoms with Crippen LogP contribution in [0.1, 0.15) is 51.4 Å². The maximum Gasteiger partial charge on any atom is 0.317 e. The molecule has 13 atom stereocenters. The maximum atomic E-state index is 11.7. The molecule has 13 heteroatoms. The number of hydrogen-bond acceptors (Lipinski definition) is 12. The highest BCUT2D eigenvalue weighted by Gasteiger charge is 2.51. The molecule has 0 spiro atoms. The van der Waals surface area contributed by atoms with Gasteiger partial charge in [0.2, 0.25) is 0 Å². The number of carboxylic acid groups (broad SMARTS) is 1. The van der Waals surface area contributed by atoms with Crippen molar-refractivity contribution in [3.8, 4) is 0 Å². The van der Waals surface area contributed by atoms with Crippen LogP contribution in [-0.4, -0.2) is 124 Å². The molecule has 0 amide bonds. The highest BCUT2D eigenvalue weighted by atomic mass is 16.7. The van der Waals surface area contributed by atoms with Gasteiger partial charge in [-0.2, -0.15) is 0 Å². The van der Waals surface area contributed by atoms with E-state index in [-0.39, 0.29) is 24.0 Å². The Morgan fingerprint density at radius 1 is 0.868 bits per heavy atom. The number of hydrogen-bond donors (Lipinski definition) is 6. The Balaban J connectivity index is 1.49. The van der Waals surface area contributed by atoms with Crippen molar-refractivity contribution in [1.82, 2.24) is 0 Å². The van der Waals surface area contributed by atoms with Gasteiger partial charge in [0, 0.05) is 13.0 Å². The third kappa shape index (κ3) is 6.65. The number of ether oxygens (including phenoxy) is 5. The summed E-state index contributed by atoms with van der Waals surface area (Å²) in [6.45, 7) is -0.555. The standard InChI is InChI=1S/C25H40O13/c1-34-16-7-11(5-6-14(16)27)24-17(8-12-13(26)3-2-4-15(12)36-24)37-25-23(33)22(32)21(31)18(38-25)10-35-20(30)9-19(28)29/h11-18,21-27,31-33H,2-10H2,1H3,(H,28,29). The van der Waals surface area contributed by atoms with Gasteiger partial charge < -0.3 is 54.3 Å². The van der Waals surface area contributed by atoms with E-state index >= 15 is 0 Å². The Kier molecular flexibility index (Phi) is 9.98. The summed E-state index contributed by atoms with van der Waals surface area (Å²) in [6, 6.07) is 0. The van der Waals surface area contributed by atoms with E-state index in [2.05, 4.69) is 0 Å². The summed E-state index contributed by atoms with van der Waals surface area (Å²) in [6.07, 6.45) is -6.94. The summed E-state index contributed by atoms with van der Waals surface area (Å²) in [5.41, 5.74) is 0. The maximum absolute atomic E-state index is 11.7. The molecule has 2 aliphatic carbocycles. The van der Waals surface area contributed by atoms with Gasteiger partial charge in [0.15, 0.2) is 6.29 Å². The van der Waals surface area contributed by atoms with Crippen molar-refractivity contribution in [2.45, 2.75) is 119 Å². The number of carboxylic acids is 1. The van der Waals surface area contributed by atoms with Crippen molar-refractivity contribution in [1.29, 1.82) is 0 Å².